The Morgan fingerprint density at radius 2 is 2.38 bits per heavy atom. The fraction of sp³-hybridized carbons (Fsp3) is 0.533. The van der Waals surface area contributed by atoms with Gasteiger partial charge in [0.2, 0.25) is 0 Å². The molecule has 0 aliphatic carbocycles. The molecular formula is C15H21FN6O2. The van der Waals surface area contributed by atoms with E-state index < -0.39 is 6.17 Å². The second-order valence-corrected chi connectivity index (χ2v) is 6.09. The van der Waals surface area contributed by atoms with Gasteiger partial charge in [-0.25, -0.2) is 9.18 Å². The van der Waals surface area contributed by atoms with Gasteiger partial charge in [0.1, 0.15) is 6.17 Å². The lowest BCUT2D eigenvalue weighted by Gasteiger charge is -2.22. The average Bonchev–Trinajstić information content (AvgIpc) is 3.20. The van der Waals surface area contributed by atoms with Gasteiger partial charge >= 0.3 is 6.03 Å². The van der Waals surface area contributed by atoms with Crippen molar-refractivity contribution in [3.05, 3.63) is 29.9 Å². The van der Waals surface area contributed by atoms with Crippen LogP contribution in [-0.2, 0) is 13.6 Å². The van der Waals surface area contributed by atoms with Gasteiger partial charge in [-0.15, -0.1) is 0 Å². The van der Waals surface area contributed by atoms with Gasteiger partial charge in [-0.3, -0.25) is 9.58 Å². The van der Waals surface area contributed by atoms with Gasteiger partial charge in [-0.05, 0) is 13.3 Å². The average molecular weight is 336 g/mol. The lowest BCUT2D eigenvalue weighted by atomic mass is 10.2. The highest BCUT2D eigenvalue weighted by Crippen LogP contribution is 2.22. The van der Waals surface area contributed by atoms with Gasteiger partial charge in [0, 0.05) is 38.4 Å². The number of likely N-dealkylation sites (tertiary alicyclic amines) is 1. The Balaban J connectivity index is 1.51. The summed E-state index contributed by atoms with van der Waals surface area (Å²) in [7, 11) is 1.77. The Bertz CT molecular complexity index is 700. The van der Waals surface area contributed by atoms with E-state index in [9.17, 15) is 9.18 Å². The number of carbonyl (C=O) groups excluding carboxylic acids is 1. The van der Waals surface area contributed by atoms with Crippen molar-refractivity contribution in [3.8, 4) is 0 Å². The number of aryl methyl sites for hydroxylation is 2. The maximum Gasteiger partial charge on any atom is 0.319 e. The maximum absolute atomic E-state index is 13.8. The number of urea groups is 1. The molecule has 1 saturated heterocycles. The summed E-state index contributed by atoms with van der Waals surface area (Å²) in [5, 5.41) is 13.3. The highest BCUT2D eigenvalue weighted by atomic mass is 19.1. The molecule has 8 nitrogen and oxygen atoms in total. The number of alkyl halides is 1. The van der Waals surface area contributed by atoms with E-state index in [0.29, 0.717) is 37.5 Å². The lowest BCUT2D eigenvalue weighted by molar-refractivity contribution is 0.203. The summed E-state index contributed by atoms with van der Waals surface area (Å²) >= 11 is 0. The van der Waals surface area contributed by atoms with Crippen LogP contribution in [0.5, 0.6) is 0 Å². The van der Waals surface area contributed by atoms with Crippen molar-refractivity contribution < 1.29 is 13.7 Å². The SMILES string of the molecule is Cc1cc(CN2C[C@@H](F)C[C@H]2CNC(=O)Nc2cnn(C)c2)on1. The molecule has 0 bridgehead atoms. The van der Waals surface area contributed by atoms with E-state index in [0.717, 1.165) is 5.69 Å². The molecule has 130 valence electrons. The Morgan fingerprint density at radius 1 is 1.54 bits per heavy atom. The van der Waals surface area contributed by atoms with Crippen LogP contribution in [0.25, 0.3) is 0 Å². The van der Waals surface area contributed by atoms with E-state index in [1.807, 2.05) is 17.9 Å². The molecule has 24 heavy (non-hydrogen) atoms. The van der Waals surface area contributed by atoms with Crippen molar-refractivity contribution >= 4 is 11.7 Å². The zero-order valence-corrected chi connectivity index (χ0v) is 13.7. The second kappa shape index (κ2) is 7.00. The molecule has 0 aromatic carbocycles. The van der Waals surface area contributed by atoms with Gasteiger partial charge in [-0.2, -0.15) is 5.10 Å². The Kier molecular flexibility index (Phi) is 4.79. The predicted octanol–water partition coefficient (Wildman–Crippen LogP) is 1.45. The van der Waals surface area contributed by atoms with E-state index in [2.05, 4.69) is 20.9 Å². The highest BCUT2D eigenvalue weighted by Gasteiger charge is 2.32. The van der Waals surface area contributed by atoms with E-state index >= 15 is 0 Å². The zero-order chi connectivity index (χ0) is 17.1. The Labute approximate surface area is 139 Å². The van der Waals surface area contributed by atoms with Crippen molar-refractivity contribution in [2.75, 3.05) is 18.4 Å². The van der Waals surface area contributed by atoms with Crippen LogP contribution in [0.15, 0.2) is 23.0 Å². The van der Waals surface area contributed by atoms with Crippen LogP contribution in [0.1, 0.15) is 17.9 Å². The minimum atomic E-state index is -0.901. The molecule has 2 atom stereocenters. The van der Waals surface area contributed by atoms with Gasteiger partial charge in [0.05, 0.1) is 24.1 Å². The molecule has 0 spiro atoms. The second-order valence-electron chi connectivity index (χ2n) is 6.09. The lowest BCUT2D eigenvalue weighted by Crippen LogP contribution is -2.41. The summed E-state index contributed by atoms with van der Waals surface area (Å²) in [5.74, 6) is 0.700. The maximum atomic E-state index is 13.8. The smallest absolute Gasteiger partial charge is 0.319 e. The molecule has 1 fully saturated rings. The summed E-state index contributed by atoms with van der Waals surface area (Å²) < 4.78 is 20.6. The largest absolute Gasteiger partial charge is 0.360 e. The molecule has 0 saturated carbocycles. The van der Waals surface area contributed by atoms with Crippen LogP contribution in [0.3, 0.4) is 0 Å². The van der Waals surface area contributed by atoms with E-state index in [-0.39, 0.29) is 12.1 Å². The molecule has 1 aliphatic rings. The van der Waals surface area contributed by atoms with Crippen molar-refractivity contribution in [2.24, 2.45) is 7.05 Å². The van der Waals surface area contributed by atoms with Crippen LogP contribution in [0.4, 0.5) is 14.9 Å². The summed E-state index contributed by atoms with van der Waals surface area (Å²) in [6.07, 6.45) is 2.75. The van der Waals surface area contributed by atoms with Gasteiger partial charge in [-0.1, -0.05) is 5.16 Å². The van der Waals surface area contributed by atoms with Crippen molar-refractivity contribution in [2.45, 2.75) is 32.1 Å². The number of carbonyl (C=O) groups is 1. The summed E-state index contributed by atoms with van der Waals surface area (Å²) in [4.78, 5) is 13.9. The number of hydrogen-bond donors (Lipinski definition) is 2. The minimum absolute atomic E-state index is 0.0787. The Morgan fingerprint density at radius 3 is 3.04 bits per heavy atom. The standard InChI is InChI=1S/C15H21FN6O2/c1-10-3-14(24-20-10)9-22-7-11(16)4-13(22)6-17-15(23)19-12-5-18-21(2)8-12/h3,5,8,11,13H,4,6-7,9H2,1-2H3,(H2,17,19,23)/t11-,13-/m0/s1. The van der Waals surface area contributed by atoms with Gasteiger partial charge in [0.15, 0.2) is 5.76 Å². The fourth-order valence-electron chi connectivity index (χ4n) is 2.89. The highest BCUT2D eigenvalue weighted by molar-refractivity contribution is 5.88. The van der Waals surface area contributed by atoms with Crippen LogP contribution in [-0.4, -0.2) is 51.2 Å². The molecule has 1 aliphatic heterocycles. The number of halogens is 1. The summed E-state index contributed by atoms with van der Waals surface area (Å²) in [5.41, 5.74) is 1.41. The molecule has 0 unspecified atom stereocenters. The van der Waals surface area contributed by atoms with E-state index in [1.165, 1.54) is 0 Å². The van der Waals surface area contributed by atoms with Crippen molar-refractivity contribution in [1.82, 2.24) is 25.2 Å². The first-order valence-corrected chi connectivity index (χ1v) is 7.83. The Hall–Kier alpha value is -2.42. The topological polar surface area (TPSA) is 88.2 Å². The first-order valence-electron chi connectivity index (χ1n) is 7.83. The minimum Gasteiger partial charge on any atom is -0.360 e. The van der Waals surface area contributed by atoms with Crippen LogP contribution in [0.2, 0.25) is 0 Å². The van der Waals surface area contributed by atoms with Gasteiger partial charge in [0.25, 0.3) is 0 Å². The molecule has 9 heteroatoms. The number of nitrogens with zero attached hydrogens (tertiary/aromatic N) is 4. The van der Waals surface area contributed by atoms with Crippen LogP contribution < -0.4 is 10.6 Å². The first kappa shape index (κ1) is 16.4. The molecule has 2 amide bonds. The van der Waals surface area contributed by atoms with E-state index in [4.69, 9.17) is 4.52 Å². The van der Waals surface area contributed by atoms with Gasteiger partial charge < -0.3 is 15.2 Å². The monoisotopic (exact) mass is 336 g/mol. The molecule has 3 heterocycles. The van der Waals surface area contributed by atoms with Crippen molar-refractivity contribution in [3.63, 3.8) is 0 Å². The number of aromatic nitrogens is 3. The number of hydrogen-bond acceptors (Lipinski definition) is 5. The third kappa shape index (κ3) is 4.10. The molecule has 3 rings (SSSR count). The summed E-state index contributed by atoms with van der Waals surface area (Å²) in [6.45, 7) is 3.02. The predicted molar refractivity (Wildman–Crippen MR) is 85.2 cm³/mol. The first-order chi connectivity index (χ1) is 11.5. The number of nitrogens with one attached hydrogen (secondary N) is 2. The molecule has 2 N–H and O–H groups in total. The fourth-order valence-corrected chi connectivity index (χ4v) is 2.89. The summed E-state index contributed by atoms with van der Waals surface area (Å²) in [6, 6.07) is 1.43. The number of rotatable bonds is 5. The third-order valence-corrected chi connectivity index (χ3v) is 3.97. The molecule has 0 radical (unpaired) electrons. The molecular weight excluding hydrogens is 315 g/mol. The normalized spacial score (nSPS) is 21.1. The van der Waals surface area contributed by atoms with Crippen molar-refractivity contribution in [1.29, 1.82) is 0 Å². The quantitative estimate of drug-likeness (QED) is 0.863. The molecule has 2 aromatic rings. The van der Waals surface area contributed by atoms with Crippen LogP contribution >= 0.6 is 0 Å². The molecule has 2 aromatic heterocycles. The van der Waals surface area contributed by atoms with E-state index in [1.54, 1.807) is 24.1 Å². The van der Waals surface area contributed by atoms with Crippen LogP contribution in [0, 0.1) is 6.92 Å². The number of anilines is 1. The third-order valence-electron chi connectivity index (χ3n) is 3.97. The number of amides is 2. The zero-order valence-electron chi connectivity index (χ0n) is 13.7.